The van der Waals surface area contributed by atoms with Crippen molar-refractivity contribution in [2.24, 2.45) is 0 Å². The zero-order valence-corrected chi connectivity index (χ0v) is 37.5. The Morgan fingerprint density at radius 3 is 1.24 bits per heavy atom. The quantitative estimate of drug-likeness (QED) is 0.0506. The fourth-order valence-corrected chi connectivity index (χ4v) is 7.98. The summed E-state index contributed by atoms with van der Waals surface area (Å²) in [6.45, 7) is 16.0. The lowest BCUT2D eigenvalue weighted by atomic mass is 9.92. The maximum Gasteiger partial charge on any atom is 0.236 e. The lowest BCUT2D eigenvalue weighted by Gasteiger charge is -2.29. The molecule has 1 amide bonds. The van der Waals surface area contributed by atoms with E-state index in [1.807, 2.05) is 4.90 Å². The maximum absolute atomic E-state index is 12.1. The Bertz CT molecular complexity index is 780. The smallest absolute Gasteiger partial charge is 0.236 e. The number of hydrogen-bond donors (Lipinski definition) is 1. The Balaban J connectivity index is 0.000000564. The first-order valence-electron chi connectivity index (χ1n) is 24.7. The van der Waals surface area contributed by atoms with Crippen molar-refractivity contribution in [2.75, 3.05) is 66.0 Å². The average Bonchev–Trinajstić information content (AvgIpc) is 3.16. The molecule has 2 aliphatic rings. The highest BCUT2D eigenvalue weighted by Gasteiger charge is 2.17. The molecule has 0 aromatic heterocycles. The van der Waals surface area contributed by atoms with Crippen LogP contribution in [0.4, 0.5) is 0 Å². The van der Waals surface area contributed by atoms with Crippen molar-refractivity contribution < 1.29 is 4.79 Å². The lowest BCUT2D eigenvalue weighted by molar-refractivity contribution is -0.132. The van der Waals surface area contributed by atoms with Crippen molar-refractivity contribution in [1.29, 1.82) is 0 Å². The van der Waals surface area contributed by atoms with E-state index in [4.69, 9.17) is 0 Å². The summed E-state index contributed by atoms with van der Waals surface area (Å²) >= 11 is 0. The molecule has 1 saturated heterocycles. The predicted molar refractivity (Wildman–Crippen MR) is 241 cm³/mol. The maximum atomic E-state index is 12.1. The van der Waals surface area contributed by atoms with E-state index in [1.165, 1.54) is 232 Å². The Morgan fingerprint density at radius 2 is 0.889 bits per heavy atom. The molecule has 1 N–H and O–H groups in total. The highest BCUT2D eigenvalue weighted by Crippen LogP contribution is 2.25. The minimum Gasteiger partial charge on any atom is -0.339 e. The van der Waals surface area contributed by atoms with Crippen LogP contribution in [0.2, 0.25) is 0 Å². The molecular formula is C49H98N4O. The number of piperazine rings is 1. The summed E-state index contributed by atoms with van der Waals surface area (Å²) in [5.41, 5.74) is 1.73. The molecule has 2 rings (SSSR count). The molecular weight excluding hydrogens is 661 g/mol. The van der Waals surface area contributed by atoms with E-state index in [2.05, 4.69) is 49.0 Å². The second kappa shape index (κ2) is 40.3. The van der Waals surface area contributed by atoms with Gasteiger partial charge in [-0.3, -0.25) is 14.6 Å². The van der Waals surface area contributed by atoms with E-state index in [-0.39, 0.29) is 0 Å². The van der Waals surface area contributed by atoms with Crippen LogP contribution in [0.1, 0.15) is 233 Å². The average molecular weight is 759 g/mol. The van der Waals surface area contributed by atoms with Crippen LogP contribution in [0.25, 0.3) is 0 Å². The molecule has 54 heavy (non-hydrogen) atoms. The first-order valence-corrected chi connectivity index (χ1v) is 24.7. The summed E-state index contributed by atoms with van der Waals surface area (Å²) in [4.78, 5) is 19.1. The number of nitrogens with zero attached hydrogens (tertiary/aromatic N) is 3. The molecule has 5 nitrogen and oxygen atoms in total. The topological polar surface area (TPSA) is 38.8 Å². The number of carbonyl (C=O) groups is 1. The molecule has 2 fully saturated rings. The highest BCUT2D eigenvalue weighted by molar-refractivity contribution is 5.78. The van der Waals surface area contributed by atoms with Gasteiger partial charge in [0.05, 0.1) is 6.54 Å². The molecule has 0 aromatic rings. The number of rotatable bonds is 37. The molecule has 320 valence electrons. The zero-order chi connectivity index (χ0) is 39.0. The number of carbonyl (C=O) groups excluding carboxylic acids is 1. The summed E-state index contributed by atoms with van der Waals surface area (Å²) in [6, 6.07) is 0. The second-order valence-electron chi connectivity index (χ2n) is 17.4. The largest absolute Gasteiger partial charge is 0.339 e. The molecule has 0 bridgehead atoms. The number of unbranched alkanes of at least 4 members (excludes halogenated alkanes) is 27. The van der Waals surface area contributed by atoms with Crippen molar-refractivity contribution in [1.82, 2.24) is 20.0 Å². The molecule has 0 spiro atoms. The van der Waals surface area contributed by atoms with Gasteiger partial charge in [-0.2, -0.15) is 0 Å². The summed E-state index contributed by atoms with van der Waals surface area (Å²) < 4.78 is 0. The fourth-order valence-electron chi connectivity index (χ4n) is 7.98. The molecule has 1 saturated carbocycles. The van der Waals surface area contributed by atoms with Gasteiger partial charge in [-0.15, -0.1) is 0 Å². The molecule has 1 aliphatic heterocycles. The monoisotopic (exact) mass is 759 g/mol. The number of allylic oxidation sites excluding steroid dienone is 1. The van der Waals surface area contributed by atoms with Crippen LogP contribution in [0.3, 0.4) is 0 Å². The summed E-state index contributed by atoms with van der Waals surface area (Å²) in [5.74, 6) is 0.293. The van der Waals surface area contributed by atoms with Gasteiger partial charge in [0, 0.05) is 32.7 Å². The number of nitrogens with one attached hydrogen (secondary N) is 1. The van der Waals surface area contributed by atoms with Gasteiger partial charge < -0.3 is 10.2 Å². The van der Waals surface area contributed by atoms with Crippen molar-refractivity contribution in [3.05, 3.63) is 11.6 Å². The summed E-state index contributed by atoms with van der Waals surface area (Å²) in [7, 11) is 2.08. The van der Waals surface area contributed by atoms with Gasteiger partial charge in [0.1, 0.15) is 0 Å². The Morgan fingerprint density at radius 1 is 0.537 bits per heavy atom. The van der Waals surface area contributed by atoms with Gasteiger partial charge in [0.25, 0.3) is 0 Å². The first kappa shape index (κ1) is 51.1. The van der Waals surface area contributed by atoms with Crippen LogP contribution in [-0.4, -0.2) is 86.6 Å². The normalized spacial score (nSPS) is 14.4. The van der Waals surface area contributed by atoms with Crippen LogP contribution < -0.4 is 5.32 Å². The lowest BCUT2D eigenvalue weighted by Crippen LogP contribution is -2.49. The minimum absolute atomic E-state index is 0.293. The minimum atomic E-state index is 0.293. The molecule has 0 aromatic carbocycles. The summed E-state index contributed by atoms with van der Waals surface area (Å²) in [5, 5.41) is 3.29. The van der Waals surface area contributed by atoms with Gasteiger partial charge in [-0.1, -0.05) is 206 Å². The SMILES string of the molecule is CCCCCCCCCCCCN(C)CC(=O)N1CCNCC1.CCCCCCCCCCCCN(CC=C1CCC1)CCCCCCCCCCCC. The Kier molecular flexibility index (Phi) is 38.1. The molecule has 1 heterocycles. The Hall–Kier alpha value is -0.910. The van der Waals surface area contributed by atoms with Crippen LogP contribution in [-0.2, 0) is 4.79 Å². The van der Waals surface area contributed by atoms with Crippen LogP contribution in [0, 0.1) is 0 Å². The fraction of sp³-hybridized carbons (Fsp3) is 0.939. The van der Waals surface area contributed by atoms with Gasteiger partial charge in [-0.25, -0.2) is 0 Å². The molecule has 0 unspecified atom stereocenters. The molecule has 1 aliphatic carbocycles. The van der Waals surface area contributed by atoms with E-state index >= 15 is 0 Å². The van der Waals surface area contributed by atoms with E-state index in [0.29, 0.717) is 12.5 Å². The third kappa shape index (κ3) is 33.3. The van der Waals surface area contributed by atoms with Crippen molar-refractivity contribution in [3.63, 3.8) is 0 Å². The van der Waals surface area contributed by atoms with Gasteiger partial charge in [-0.05, 0) is 65.2 Å². The highest BCUT2D eigenvalue weighted by atomic mass is 16.2. The van der Waals surface area contributed by atoms with Crippen LogP contribution in [0.5, 0.6) is 0 Å². The van der Waals surface area contributed by atoms with E-state index in [0.717, 1.165) is 32.7 Å². The molecule has 0 radical (unpaired) electrons. The van der Waals surface area contributed by atoms with E-state index < -0.39 is 0 Å². The predicted octanol–water partition coefficient (Wildman–Crippen LogP) is 13.5. The van der Waals surface area contributed by atoms with Crippen LogP contribution >= 0.6 is 0 Å². The van der Waals surface area contributed by atoms with Gasteiger partial charge in [0.15, 0.2) is 0 Å². The zero-order valence-electron chi connectivity index (χ0n) is 37.5. The number of amides is 1. The van der Waals surface area contributed by atoms with Crippen molar-refractivity contribution >= 4 is 5.91 Å². The number of hydrogen-bond acceptors (Lipinski definition) is 4. The first-order chi connectivity index (χ1) is 26.6. The van der Waals surface area contributed by atoms with Crippen LogP contribution in [0.15, 0.2) is 11.6 Å². The Labute approximate surface area is 340 Å². The second-order valence-corrected chi connectivity index (χ2v) is 17.4. The van der Waals surface area contributed by atoms with Gasteiger partial charge >= 0.3 is 0 Å². The summed E-state index contributed by atoms with van der Waals surface area (Å²) in [6.07, 6.45) is 49.3. The standard InChI is InChI=1S/C30H59N.C19H39N3O/c1-3-5-7-9-11-13-15-17-19-21-27-31(29-26-30-24-23-25-30)28-22-20-18-16-14-12-10-8-6-4-2;1-3-4-5-6-7-8-9-10-11-12-15-21(2)18-19(23)22-16-13-20-14-17-22/h26H,3-25,27-29H2,1-2H3;20H,3-18H2,1-2H3. The molecule has 0 atom stereocenters. The van der Waals surface area contributed by atoms with E-state index in [9.17, 15) is 4.79 Å². The third-order valence-electron chi connectivity index (χ3n) is 12.1. The van der Waals surface area contributed by atoms with E-state index in [1.54, 1.807) is 5.57 Å². The van der Waals surface area contributed by atoms with Gasteiger partial charge in [0.2, 0.25) is 5.91 Å². The molecule has 5 heteroatoms. The third-order valence-corrected chi connectivity index (χ3v) is 12.1. The van der Waals surface area contributed by atoms with Crippen molar-refractivity contribution in [2.45, 2.75) is 233 Å². The van der Waals surface area contributed by atoms with Crippen molar-refractivity contribution in [3.8, 4) is 0 Å². The number of likely N-dealkylation sites (N-methyl/N-ethyl adjacent to an activating group) is 1.